The first-order chi connectivity index (χ1) is 18.3. The minimum Gasteiger partial charge on any atom is -0.480 e. The maximum atomic E-state index is 13.1. The number of fused-ring (bicyclic) bond motifs is 1. The molecule has 0 saturated heterocycles. The smallest absolute Gasteiger partial charge is 0.480 e. The Kier molecular flexibility index (Phi) is 11.3. The highest BCUT2D eigenvalue weighted by atomic mass is 32.2. The second-order valence-corrected chi connectivity index (χ2v) is 9.10. The summed E-state index contributed by atoms with van der Waals surface area (Å²) in [6.45, 7) is 0.182. The van der Waals surface area contributed by atoms with Gasteiger partial charge < -0.3 is 26.2 Å². The van der Waals surface area contributed by atoms with Crippen LogP contribution in [0.5, 0.6) is 0 Å². The van der Waals surface area contributed by atoms with Crippen LogP contribution >= 0.6 is 11.8 Å². The molecule has 1 aliphatic rings. The summed E-state index contributed by atoms with van der Waals surface area (Å²) >= 11 is 1.48. The molecule has 1 aliphatic heterocycles. The number of nitrogen functional groups attached to an aromatic ring is 1. The Labute approximate surface area is 225 Å². The highest BCUT2D eigenvalue weighted by molar-refractivity contribution is 7.99. The molecule has 0 spiro atoms. The summed E-state index contributed by atoms with van der Waals surface area (Å²) < 4.78 is 31.7. The first kappa shape index (κ1) is 31.1. The molecule has 7 N–H and O–H groups in total. The highest BCUT2D eigenvalue weighted by Gasteiger charge is 2.38. The number of thioether (sulfide) groups is 1. The fraction of sp³-hybridized carbons (Fsp3) is 0.292. The van der Waals surface area contributed by atoms with Crippen molar-refractivity contribution < 1.29 is 42.6 Å². The molecule has 3 rings (SSSR count). The number of amides is 2. The van der Waals surface area contributed by atoms with Crippen molar-refractivity contribution in [1.82, 2.24) is 10.6 Å². The first-order valence-corrected chi connectivity index (χ1v) is 12.3. The largest absolute Gasteiger partial charge is 0.490 e. The second kappa shape index (κ2) is 14.2. The number of para-hydroxylation sites is 1. The average molecular weight is 570 g/mol. The minimum absolute atomic E-state index is 0.0164. The number of nitrogens with one attached hydrogen (secondary N) is 3. The molecule has 11 nitrogen and oxygen atoms in total. The number of alkyl halides is 3. The standard InChI is InChI=1S/C22H25N5O4S.C2HF3O2/c23-21(24)15-7-5-14(6-8-15)11-26-19(28)9-10-27-17-3-1-2-4-18(17)32-13-16(22(27)31)25-12-20(29)30;3-2(4,5)1(6)7/h1-8,16,25H,9-13H2,(H3,23,24)(H,26,28)(H,29,30);(H,6,7)/t16-;/m1./s1. The molecule has 1 atom stereocenters. The SMILES string of the molecule is N=C(N)c1ccc(CNC(=O)CCN2C(=O)[C@H](NCC(=O)O)CSc3ccccc32)cc1.O=C(O)C(F)(F)F. The molecule has 0 bridgehead atoms. The van der Waals surface area contributed by atoms with Crippen molar-refractivity contribution >= 4 is 47.0 Å². The number of carbonyl (C=O) groups is 4. The molecule has 0 fully saturated rings. The summed E-state index contributed by atoms with van der Waals surface area (Å²) in [5, 5.41) is 29.1. The monoisotopic (exact) mass is 569 g/mol. The third-order valence-corrected chi connectivity index (χ3v) is 6.34. The molecule has 0 radical (unpaired) electrons. The third kappa shape index (κ3) is 9.94. The summed E-state index contributed by atoms with van der Waals surface area (Å²) in [7, 11) is 0. The summed E-state index contributed by atoms with van der Waals surface area (Å²) in [4.78, 5) is 47.8. The van der Waals surface area contributed by atoms with Crippen molar-refractivity contribution in [3.63, 3.8) is 0 Å². The number of hydrogen-bond donors (Lipinski definition) is 6. The predicted octanol–water partition coefficient (Wildman–Crippen LogP) is 1.79. The van der Waals surface area contributed by atoms with Crippen molar-refractivity contribution in [3.05, 3.63) is 59.7 Å². The van der Waals surface area contributed by atoms with Gasteiger partial charge in [0.15, 0.2) is 0 Å². The van der Waals surface area contributed by atoms with E-state index in [2.05, 4.69) is 10.6 Å². The van der Waals surface area contributed by atoms with Crippen LogP contribution in [0.15, 0.2) is 53.4 Å². The van der Waals surface area contributed by atoms with Crippen molar-refractivity contribution in [1.29, 1.82) is 5.41 Å². The Bertz CT molecular complexity index is 1210. The maximum absolute atomic E-state index is 13.1. The first-order valence-electron chi connectivity index (χ1n) is 11.3. The van der Waals surface area contributed by atoms with Gasteiger partial charge in [-0.1, -0.05) is 36.4 Å². The van der Waals surface area contributed by atoms with Crippen LogP contribution in [0.25, 0.3) is 0 Å². The van der Waals surface area contributed by atoms with Crippen molar-refractivity contribution in [2.24, 2.45) is 5.73 Å². The topological polar surface area (TPSA) is 186 Å². The number of carboxylic acids is 2. The number of nitrogens with zero attached hydrogens (tertiary/aromatic N) is 1. The Morgan fingerprint density at radius 3 is 2.28 bits per heavy atom. The van der Waals surface area contributed by atoms with E-state index in [1.54, 1.807) is 29.2 Å². The van der Waals surface area contributed by atoms with Crippen LogP contribution in [0, 0.1) is 5.41 Å². The zero-order valence-corrected chi connectivity index (χ0v) is 21.1. The van der Waals surface area contributed by atoms with E-state index in [0.29, 0.717) is 17.9 Å². The number of rotatable bonds is 9. The predicted molar refractivity (Wildman–Crippen MR) is 137 cm³/mol. The van der Waals surface area contributed by atoms with Gasteiger partial charge >= 0.3 is 18.1 Å². The Morgan fingerprint density at radius 2 is 1.72 bits per heavy atom. The number of amidine groups is 1. The van der Waals surface area contributed by atoms with Crippen LogP contribution in [-0.2, 0) is 25.7 Å². The summed E-state index contributed by atoms with van der Waals surface area (Å²) in [6.07, 6.45) is -4.98. The van der Waals surface area contributed by atoms with Gasteiger partial charge in [-0.15, -0.1) is 11.8 Å². The summed E-state index contributed by atoms with van der Waals surface area (Å²) in [6, 6.07) is 13.8. The van der Waals surface area contributed by atoms with E-state index >= 15 is 0 Å². The maximum Gasteiger partial charge on any atom is 0.490 e. The molecule has 0 unspecified atom stereocenters. The van der Waals surface area contributed by atoms with Crippen molar-refractivity contribution in [2.75, 3.05) is 23.7 Å². The van der Waals surface area contributed by atoms with Gasteiger partial charge in [0.25, 0.3) is 0 Å². The van der Waals surface area contributed by atoms with E-state index in [-0.39, 0.29) is 37.2 Å². The quantitative estimate of drug-likeness (QED) is 0.193. The number of anilines is 1. The molecule has 15 heteroatoms. The number of benzene rings is 2. The van der Waals surface area contributed by atoms with E-state index < -0.39 is 24.2 Å². The number of halogens is 3. The molecular weight excluding hydrogens is 543 g/mol. The van der Waals surface area contributed by atoms with Gasteiger partial charge in [-0.05, 0) is 17.7 Å². The van der Waals surface area contributed by atoms with Crippen LogP contribution < -0.4 is 21.3 Å². The van der Waals surface area contributed by atoms with E-state index in [1.807, 2.05) is 24.3 Å². The summed E-state index contributed by atoms with van der Waals surface area (Å²) in [5.41, 5.74) is 7.64. The van der Waals surface area contributed by atoms with Crippen LogP contribution in [0.3, 0.4) is 0 Å². The molecule has 0 aromatic heterocycles. The van der Waals surface area contributed by atoms with E-state index in [9.17, 15) is 27.6 Å². The molecule has 0 aliphatic carbocycles. The number of aliphatic carboxylic acids is 2. The van der Waals surface area contributed by atoms with E-state index in [1.165, 1.54) is 11.8 Å². The fourth-order valence-electron chi connectivity index (χ4n) is 3.25. The van der Waals surface area contributed by atoms with Gasteiger partial charge in [0, 0.05) is 35.7 Å². The molecule has 1 heterocycles. The number of carbonyl (C=O) groups excluding carboxylic acids is 2. The minimum atomic E-state index is -5.08. The van der Waals surface area contributed by atoms with Crippen LogP contribution in [-0.4, -0.2) is 70.9 Å². The molecule has 210 valence electrons. The summed E-state index contributed by atoms with van der Waals surface area (Å²) in [5.74, 6) is -3.87. The third-order valence-electron chi connectivity index (χ3n) is 5.18. The van der Waals surface area contributed by atoms with Gasteiger partial charge in [-0.3, -0.25) is 25.1 Å². The lowest BCUT2D eigenvalue weighted by molar-refractivity contribution is -0.192. The van der Waals surface area contributed by atoms with Crippen LogP contribution in [0.1, 0.15) is 17.5 Å². The Hall–Kier alpha value is -4.11. The Balaban J connectivity index is 0.000000673. The average Bonchev–Trinajstić information content (AvgIpc) is 3.00. The molecule has 2 aromatic rings. The van der Waals surface area contributed by atoms with Crippen molar-refractivity contribution in [2.45, 2.75) is 30.1 Å². The molecule has 2 amide bonds. The molecular formula is C24H26F3N5O6S. The number of nitrogens with two attached hydrogens (primary N) is 1. The lowest BCUT2D eigenvalue weighted by Crippen LogP contribution is -2.49. The molecule has 0 saturated carbocycles. The van der Waals surface area contributed by atoms with Gasteiger partial charge in [0.2, 0.25) is 11.8 Å². The zero-order valence-electron chi connectivity index (χ0n) is 20.3. The zero-order chi connectivity index (χ0) is 29.2. The second-order valence-electron chi connectivity index (χ2n) is 8.04. The van der Waals surface area contributed by atoms with E-state index in [0.717, 1.165) is 16.1 Å². The molecule has 2 aromatic carbocycles. The van der Waals surface area contributed by atoms with Gasteiger partial charge in [0.05, 0.1) is 18.3 Å². The van der Waals surface area contributed by atoms with Gasteiger partial charge in [0.1, 0.15) is 5.84 Å². The normalized spacial score (nSPS) is 14.8. The fourth-order valence-corrected chi connectivity index (χ4v) is 4.35. The van der Waals surface area contributed by atoms with Gasteiger partial charge in [-0.2, -0.15) is 13.2 Å². The lowest BCUT2D eigenvalue weighted by atomic mass is 10.1. The van der Waals surface area contributed by atoms with E-state index in [4.69, 9.17) is 26.2 Å². The van der Waals surface area contributed by atoms with Crippen molar-refractivity contribution in [3.8, 4) is 0 Å². The Morgan fingerprint density at radius 1 is 1.10 bits per heavy atom. The molecule has 39 heavy (non-hydrogen) atoms. The van der Waals surface area contributed by atoms with Crippen LogP contribution in [0.4, 0.5) is 18.9 Å². The number of hydrogen-bond acceptors (Lipinski definition) is 7. The highest BCUT2D eigenvalue weighted by Crippen LogP contribution is 2.34. The number of carboxylic acid groups (broad SMARTS) is 2. The lowest BCUT2D eigenvalue weighted by Gasteiger charge is -2.25. The van der Waals surface area contributed by atoms with Gasteiger partial charge in [-0.25, -0.2) is 4.79 Å². The van der Waals surface area contributed by atoms with Crippen LogP contribution in [0.2, 0.25) is 0 Å².